The molecule has 398 valence electrons. The van der Waals surface area contributed by atoms with Crippen LogP contribution in [0.3, 0.4) is 0 Å². The maximum atomic E-state index is 12.5. The second-order valence-corrected chi connectivity index (χ2v) is 18.1. The molecule has 4 fully saturated rings. The van der Waals surface area contributed by atoms with Crippen molar-refractivity contribution in [2.75, 3.05) is 153 Å². The molecule has 0 aliphatic carbocycles. The molecule has 4 saturated heterocycles. The van der Waals surface area contributed by atoms with Gasteiger partial charge in [-0.1, -0.05) is 24.3 Å². The second-order valence-electron chi connectivity index (χ2n) is 18.1. The molecule has 4 aliphatic heterocycles. The van der Waals surface area contributed by atoms with Crippen LogP contribution in [-0.4, -0.2) is 147 Å². The van der Waals surface area contributed by atoms with Gasteiger partial charge in [0.2, 0.25) is 0 Å². The molecule has 6 N–H and O–H groups in total. The summed E-state index contributed by atoms with van der Waals surface area (Å²) in [4.78, 5) is 57.0. The van der Waals surface area contributed by atoms with Crippen LogP contribution in [0.4, 0.5) is 55.1 Å². The molecule has 19 nitrogen and oxygen atoms in total. The Bertz CT molecular complexity index is 2820. The Morgan fingerprint density at radius 1 is 0.403 bits per heavy atom. The molecular formula is C57H63LiN8O11. The predicted molar refractivity (Wildman–Crippen MR) is 294 cm³/mol. The van der Waals surface area contributed by atoms with Crippen LogP contribution in [0.1, 0.15) is 20.7 Å². The first-order valence-corrected chi connectivity index (χ1v) is 25.1. The van der Waals surface area contributed by atoms with Gasteiger partial charge in [-0.3, -0.25) is 0 Å². The van der Waals surface area contributed by atoms with Crippen LogP contribution in [0.15, 0.2) is 133 Å². The molecule has 6 aromatic carbocycles. The SMILES string of the molecule is COC(=O)c1ccc(NC(=O)Nc2ccc(-c3cc(N4CCOCC4)cc(N4CCOCC4)c3)cc2)cc1.O=C(Nc1ccc(C(=O)O)cc1)Nc1ccc(-c2cc(N3CCOCC3)cc(N3CCOCC3)c2)cc1.[Li+].[OH-]. The summed E-state index contributed by atoms with van der Waals surface area (Å²) in [5, 5.41) is 20.2. The average Bonchev–Trinajstić information content (AvgIpc) is 3.47. The van der Waals surface area contributed by atoms with E-state index in [2.05, 4.69) is 77.3 Å². The van der Waals surface area contributed by atoms with Crippen LogP contribution in [0.25, 0.3) is 22.3 Å². The van der Waals surface area contributed by atoms with Crippen LogP contribution in [-0.2, 0) is 23.7 Å². The number of nitrogens with one attached hydrogen (secondary N) is 4. The zero-order chi connectivity index (χ0) is 51.9. The van der Waals surface area contributed by atoms with Crippen LogP contribution in [0.2, 0.25) is 0 Å². The molecular weight excluding hydrogens is 980 g/mol. The first kappa shape index (κ1) is 57.1. The number of anilines is 8. The van der Waals surface area contributed by atoms with Crippen molar-refractivity contribution >= 4 is 69.5 Å². The molecule has 4 heterocycles. The Balaban J connectivity index is 0.000000218. The van der Waals surface area contributed by atoms with E-state index >= 15 is 0 Å². The van der Waals surface area contributed by atoms with Gasteiger partial charge in [0.15, 0.2) is 0 Å². The van der Waals surface area contributed by atoms with E-state index in [0.717, 1.165) is 127 Å². The van der Waals surface area contributed by atoms with Gasteiger partial charge in [-0.15, -0.1) is 0 Å². The van der Waals surface area contributed by atoms with Crippen LogP contribution < -0.4 is 59.7 Å². The summed E-state index contributed by atoms with van der Waals surface area (Å²) >= 11 is 0. The van der Waals surface area contributed by atoms with Crippen molar-refractivity contribution in [2.24, 2.45) is 0 Å². The molecule has 0 aromatic heterocycles. The monoisotopic (exact) mass is 1040 g/mol. The fraction of sp³-hybridized carbons (Fsp3) is 0.298. The van der Waals surface area contributed by atoms with Crippen molar-refractivity contribution in [3.8, 4) is 22.3 Å². The summed E-state index contributed by atoms with van der Waals surface area (Å²) < 4.78 is 26.9. The smallest absolute Gasteiger partial charge is 0.870 e. The normalized spacial score (nSPS) is 15.3. The Kier molecular flexibility index (Phi) is 20.7. The van der Waals surface area contributed by atoms with Crippen LogP contribution in [0.5, 0.6) is 0 Å². The number of hydrogen-bond donors (Lipinski definition) is 5. The Labute approximate surface area is 459 Å². The van der Waals surface area contributed by atoms with E-state index in [9.17, 15) is 19.2 Å². The number of aromatic carboxylic acids is 1. The molecule has 10 rings (SSSR count). The third-order valence-corrected chi connectivity index (χ3v) is 13.2. The van der Waals surface area contributed by atoms with E-state index in [-0.39, 0.29) is 35.9 Å². The van der Waals surface area contributed by atoms with Crippen molar-refractivity contribution in [3.05, 3.63) is 145 Å². The number of carbonyl (C=O) groups is 4. The molecule has 0 saturated carbocycles. The fourth-order valence-electron chi connectivity index (χ4n) is 9.12. The topological polar surface area (TPSA) is 226 Å². The molecule has 4 aliphatic rings. The first-order valence-electron chi connectivity index (χ1n) is 25.1. The largest absolute Gasteiger partial charge is 1.00 e. The van der Waals surface area contributed by atoms with Gasteiger partial charge in [-0.25, -0.2) is 19.2 Å². The van der Waals surface area contributed by atoms with Gasteiger partial charge in [-0.2, -0.15) is 0 Å². The summed E-state index contributed by atoms with van der Waals surface area (Å²) in [5.41, 5.74) is 12.1. The van der Waals surface area contributed by atoms with E-state index in [4.69, 9.17) is 28.8 Å². The summed E-state index contributed by atoms with van der Waals surface area (Å²) in [5.74, 6) is -1.43. The number of carboxylic acid groups (broad SMARTS) is 1. The molecule has 0 spiro atoms. The van der Waals surface area contributed by atoms with E-state index in [1.165, 1.54) is 42.0 Å². The van der Waals surface area contributed by atoms with Gasteiger partial charge < -0.3 is 75.1 Å². The molecule has 4 amide bonds. The van der Waals surface area contributed by atoms with Crippen molar-refractivity contribution in [1.29, 1.82) is 0 Å². The number of ether oxygens (including phenoxy) is 5. The molecule has 77 heavy (non-hydrogen) atoms. The van der Waals surface area contributed by atoms with Crippen molar-refractivity contribution in [1.82, 2.24) is 0 Å². The third-order valence-electron chi connectivity index (χ3n) is 13.2. The molecule has 6 aromatic rings. The molecule has 20 heteroatoms. The minimum Gasteiger partial charge on any atom is -0.870 e. The number of hydrogen-bond acceptors (Lipinski definition) is 14. The summed E-state index contributed by atoms with van der Waals surface area (Å²) in [6, 6.07) is 40.7. The quantitative estimate of drug-likeness (QED) is 0.0737. The third kappa shape index (κ3) is 15.7. The van der Waals surface area contributed by atoms with Gasteiger partial charge in [0.1, 0.15) is 0 Å². The van der Waals surface area contributed by atoms with E-state index < -0.39 is 18.0 Å². The molecule has 0 unspecified atom stereocenters. The number of amides is 4. The molecule has 0 atom stereocenters. The van der Waals surface area contributed by atoms with E-state index in [0.29, 0.717) is 28.3 Å². The summed E-state index contributed by atoms with van der Waals surface area (Å²) in [7, 11) is 1.33. The molecule has 0 bridgehead atoms. The van der Waals surface area contributed by atoms with E-state index in [1.54, 1.807) is 36.4 Å². The number of nitrogens with zero attached hydrogens (tertiary/aromatic N) is 4. The van der Waals surface area contributed by atoms with Crippen molar-refractivity contribution in [2.45, 2.75) is 0 Å². The number of urea groups is 2. The maximum Gasteiger partial charge on any atom is 1.00 e. The molecule has 0 radical (unpaired) electrons. The predicted octanol–water partition coefficient (Wildman–Crippen LogP) is 5.65. The van der Waals surface area contributed by atoms with Gasteiger partial charge in [0, 0.05) is 97.9 Å². The number of benzene rings is 6. The van der Waals surface area contributed by atoms with E-state index in [1.807, 2.05) is 48.5 Å². The van der Waals surface area contributed by atoms with Crippen molar-refractivity contribution < 1.29 is 72.3 Å². The zero-order valence-electron chi connectivity index (χ0n) is 43.4. The first-order chi connectivity index (χ1) is 36.6. The summed E-state index contributed by atoms with van der Waals surface area (Å²) in [6.07, 6.45) is 0. The average molecular weight is 1040 g/mol. The number of morpholine rings is 4. The van der Waals surface area contributed by atoms with Gasteiger partial charge in [0.05, 0.1) is 71.1 Å². The zero-order valence-corrected chi connectivity index (χ0v) is 43.4. The van der Waals surface area contributed by atoms with Crippen LogP contribution >= 0.6 is 0 Å². The van der Waals surface area contributed by atoms with Crippen LogP contribution in [0, 0.1) is 0 Å². The number of carbonyl (C=O) groups excluding carboxylic acids is 3. The summed E-state index contributed by atoms with van der Waals surface area (Å²) in [6.45, 7) is 12.8. The van der Waals surface area contributed by atoms with Gasteiger partial charge in [-0.05, 0) is 131 Å². The standard InChI is InChI=1S/C29H32N4O5.C28H30N4O5.Li.H2O/c1-36-28(34)22-4-8-25(9-5-22)31-29(35)30-24-6-2-21(3-7-24)23-18-26(32-10-14-37-15-11-32)20-27(19-23)33-12-16-38-17-13-33;33-27(34)21-3-7-24(8-4-21)30-28(35)29-23-5-1-20(2-6-23)22-17-25(31-9-13-36-14-10-31)19-26(18-22)32-11-15-37-16-12-32;;/h2-9,18-20H,10-17H2,1H3,(H2,30,31,35);1-8,17-19H,9-16H2,(H,33,34)(H2,29,30,35);;1H2/q;;+1;/p-1. The fourth-order valence-corrected chi connectivity index (χ4v) is 9.12. The Hall–Kier alpha value is -7.60. The van der Waals surface area contributed by atoms with Gasteiger partial charge >= 0.3 is 42.9 Å². The second kappa shape index (κ2) is 28.0. The number of esters is 1. The maximum absolute atomic E-state index is 12.5. The van der Waals surface area contributed by atoms with Gasteiger partial charge in [0.25, 0.3) is 0 Å². The Morgan fingerprint density at radius 2 is 0.662 bits per heavy atom. The number of carboxylic acids is 1. The minimum absolute atomic E-state index is 0. The number of methoxy groups -OCH3 is 1. The van der Waals surface area contributed by atoms with Crippen molar-refractivity contribution in [3.63, 3.8) is 0 Å². The number of rotatable bonds is 12. The minimum atomic E-state index is -1.01. The Morgan fingerprint density at radius 3 is 0.922 bits per heavy atom.